The number of carbonyl (C=O) groups excluding carboxylic acids is 2. The molecule has 2 fully saturated rings. The minimum absolute atomic E-state index is 0.0195. The first kappa shape index (κ1) is 25.5. The molecule has 0 spiro atoms. The Morgan fingerprint density at radius 3 is 2.00 bits per heavy atom. The summed E-state index contributed by atoms with van der Waals surface area (Å²) in [4.78, 5) is 29.9. The van der Waals surface area contributed by atoms with Gasteiger partial charge in [0.15, 0.2) is 14.6 Å². The van der Waals surface area contributed by atoms with Gasteiger partial charge in [0.2, 0.25) is 5.91 Å². The highest BCUT2D eigenvalue weighted by molar-refractivity contribution is 7.99. The Morgan fingerprint density at radius 2 is 1.49 bits per heavy atom. The van der Waals surface area contributed by atoms with Crippen LogP contribution in [-0.2, 0) is 24.2 Å². The van der Waals surface area contributed by atoms with Gasteiger partial charge in [-0.2, -0.15) is 0 Å². The first-order valence-corrected chi connectivity index (χ1v) is 13.7. The van der Waals surface area contributed by atoms with Gasteiger partial charge in [0.1, 0.15) is 0 Å². The van der Waals surface area contributed by atoms with Gasteiger partial charge < -0.3 is 14.5 Å². The molecule has 2 amide bonds. The number of nitrogens with one attached hydrogen (secondary N) is 1. The second-order valence-electron chi connectivity index (χ2n) is 8.61. The Hall–Kier alpha value is -2.60. The maximum Gasteiger partial charge on any atom is 0.265 e. The summed E-state index contributed by atoms with van der Waals surface area (Å²) in [5, 5.41) is 9.18. The van der Waals surface area contributed by atoms with Crippen LogP contribution in [0.5, 0.6) is 0 Å². The van der Waals surface area contributed by atoms with Crippen LogP contribution in [0.25, 0.3) is 0 Å². The molecule has 0 saturated carbocycles. The topological polar surface area (TPSA) is 116 Å². The standard InChI is InChI=1S/C24H29N3O6S2/c1-18(28)26-12-14-27(15-13-26)19-2-4-20(5-3-19)34-21-6-8-22(9-7-21)35(31,32)24(23(29)25-30)10-16-33-17-11-24/h2-9,30H,10-17H2,1H3,(H,25,29). The summed E-state index contributed by atoms with van der Waals surface area (Å²) >= 11 is 1.51. The number of piperazine rings is 1. The van der Waals surface area contributed by atoms with Gasteiger partial charge in [0.05, 0.1) is 4.90 Å². The lowest BCUT2D eigenvalue weighted by atomic mass is 9.98. The molecule has 35 heavy (non-hydrogen) atoms. The summed E-state index contributed by atoms with van der Waals surface area (Å²) in [5.74, 6) is -0.822. The van der Waals surface area contributed by atoms with Crippen molar-refractivity contribution in [1.29, 1.82) is 0 Å². The molecular formula is C24H29N3O6S2. The van der Waals surface area contributed by atoms with Crippen molar-refractivity contribution >= 4 is 39.1 Å². The first-order chi connectivity index (χ1) is 16.8. The summed E-state index contributed by atoms with van der Waals surface area (Å²) < 4.78 is 30.2. The third kappa shape index (κ3) is 5.18. The lowest BCUT2D eigenvalue weighted by Crippen LogP contribution is -2.54. The van der Waals surface area contributed by atoms with Gasteiger partial charge >= 0.3 is 0 Å². The molecule has 188 valence electrons. The number of amides is 2. The number of sulfone groups is 1. The molecule has 2 aromatic rings. The number of nitrogens with zero attached hydrogens (tertiary/aromatic N) is 2. The van der Waals surface area contributed by atoms with Crippen LogP contribution < -0.4 is 10.4 Å². The number of anilines is 1. The fourth-order valence-corrected chi connectivity index (χ4v) is 7.23. The Morgan fingerprint density at radius 1 is 0.943 bits per heavy atom. The number of carbonyl (C=O) groups is 2. The lowest BCUT2D eigenvalue weighted by Gasteiger charge is -2.35. The number of hydrogen-bond donors (Lipinski definition) is 2. The minimum atomic E-state index is -4.04. The zero-order chi connectivity index (χ0) is 25.1. The van der Waals surface area contributed by atoms with Crippen LogP contribution in [-0.4, -0.2) is 74.5 Å². The van der Waals surface area contributed by atoms with Crippen molar-refractivity contribution < 1.29 is 28.0 Å². The molecule has 11 heteroatoms. The van der Waals surface area contributed by atoms with E-state index in [1.807, 2.05) is 29.2 Å². The second kappa shape index (κ2) is 10.6. The van der Waals surface area contributed by atoms with Crippen molar-refractivity contribution in [2.45, 2.75) is 39.2 Å². The molecule has 0 unspecified atom stereocenters. The van der Waals surface area contributed by atoms with Crippen LogP contribution >= 0.6 is 11.8 Å². The van der Waals surface area contributed by atoms with Crippen LogP contribution in [0.15, 0.2) is 63.2 Å². The van der Waals surface area contributed by atoms with Gasteiger partial charge in [-0.3, -0.25) is 14.8 Å². The van der Waals surface area contributed by atoms with E-state index in [0.717, 1.165) is 41.7 Å². The number of benzene rings is 2. The molecule has 2 N–H and O–H groups in total. The fourth-order valence-electron chi connectivity index (χ4n) is 4.47. The van der Waals surface area contributed by atoms with Crippen LogP contribution in [0.3, 0.4) is 0 Å². The Labute approximate surface area is 209 Å². The van der Waals surface area contributed by atoms with Crippen LogP contribution in [0.4, 0.5) is 5.69 Å². The third-order valence-electron chi connectivity index (χ3n) is 6.63. The predicted octanol–water partition coefficient (Wildman–Crippen LogP) is 2.33. The van der Waals surface area contributed by atoms with E-state index in [4.69, 9.17) is 4.74 Å². The highest BCUT2D eigenvalue weighted by Crippen LogP contribution is 2.37. The summed E-state index contributed by atoms with van der Waals surface area (Å²) in [6.45, 7) is 4.88. The zero-order valence-electron chi connectivity index (χ0n) is 19.5. The fraction of sp³-hybridized carbons (Fsp3) is 0.417. The van der Waals surface area contributed by atoms with Gasteiger partial charge in [-0.05, 0) is 61.4 Å². The average Bonchev–Trinajstić information content (AvgIpc) is 2.89. The smallest absolute Gasteiger partial charge is 0.265 e. The monoisotopic (exact) mass is 519 g/mol. The van der Waals surface area contributed by atoms with E-state index in [0.29, 0.717) is 0 Å². The van der Waals surface area contributed by atoms with E-state index in [1.165, 1.54) is 29.4 Å². The number of ether oxygens (including phenoxy) is 1. The molecule has 0 atom stereocenters. The highest BCUT2D eigenvalue weighted by Gasteiger charge is 2.52. The molecule has 2 aromatic carbocycles. The van der Waals surface area contributed by atoms with Crippen molar-refractivity contribution in [1.82, 2.24) is 10.4 Å². The SMILES string of the molecule is CC(=O)N1CCN(c2ccc(Sc3ccc(S(=O)(=O)C4(C(=O)NO)CCOCC4)cc3)cc2)CC1. The van der Waals surface area contributed by atoms with Gasteiger partial charge in [0, 0.05) is 61.8 Å². The van der Waals surface area contributed by atoms with Crippen molar-refractivity contribution in [3.05, 3.63) is 48.5 Å². The molecule has 0 aromatic heterocycles. The molecule has 2 saturated heterocycles. The average molecular weight is 520 g/mol. The predicted molar refractivity (Wildman–Crippen MR) is 131 cm³/mol. The second-order valence-corrected chi connectivity index (χ2v) is 12.0. The van der Waals surface area contributed by atoms with E-state index in [2.05, 4.69) is 4.90 Å². The maximum absolute atomic E-state index is 13.4. The van der Waals surface area contributed by atoms with Crippen molar-refractivity contribution in [3.8, 4) is 0 Å². The minimum Gasteiger partial charge on any atom is -0.381 e. The molecule has 9 nitrogen and oxygen atoms in total. The van der Waals surface area contributed by atoms with Gasteiger partial charge in [-0.1, -0.05) is 11.8 Å². The van der Waals surface area contributed by atoms with Crippen molar-refractivity contribution in [3.63, 3.8) is 0 Å². The van der Waals surface area contributed by atoms with Crippen LogP contribution in [0.2, 0.25) is 0 Å². The van der Waals surface area contributed by atoms with E-state index in [-0.39, 0.29) is 36.9 Å². The normalized spacial score (nSPS) is 18.2. The maximum atomic E-state index is 13.4. The van der Waals surface area contributed by atoms with Gasteiger partial charge in [-0.15, -0.1) is 0 Å². The Balaban J connectivity index is 1.44. The van der Waals surface area contributed by atoms with Gasteiger partial charge in [-0.25, -0.2) is 13.9 Å². The number of hydroxylamine groups is 1. The first-order valence-electron chi connectivity index (χ1n) is 11.4. The Kier molecular flexibility index (Phi) is 7.70. The summed E-state index contributed by atoms with van der Waals surface area (Å²) in [6, 6.07) is 14.6. The summed E-state index contributed by atoms with van der Waals surface area (Å²) in [6.07, 6.45) is -0.0389. The highest BCUT2D eigenvalue weighted by atomic mass is 32.2. The quantitative estimate of drug-likeness (QED) is 0.441. The Bertz CT molecular complexity index is 1150. The molecule has 2 heterocycles. The van der Waals surface area contributed by atoms with Crippen LogP contribution in [0.1, 0.15) is 19.8 Å². The largest absolute Gasteiger partial charge is 0.381 e. The van der Waals surface area contributed by atoms with E-state index >= 15 is 0 Å². The molecule has 2 aliphatic heterocycles. The van der Waals surface area contributed by atoms with Gasteiger partial charge in [0.25, 0.3) is 5.91 Å². The number of hydrogen-bond acceptors (Lipinski definition) is 8. The molecule has 0 radical (unpaired) electrons. The lowest BCUT2D eigenvalue weighted by molar-refractivity contribution is -0.134. The summed E-state index contributed by atoms with van der Waals surface area (Å²) in [7, 11) is -4.04. The van der Waals surface area contributed by atoms with Crippen LogP contribution in [0, 0.1) is 0 Å². The van der Waals surface area contributed by atoms with Crippen molar-refractivity contribution in [2.24, 2.45) is 0 Å². The molecular weight excluding hydrogens is 490 g/mol. The third-order valence-corrected chi connectivity index (χ3v) is 10.2. The number of rotatable bonds is 6. The molecule has 2 aliphatic rings. The molecule has 0 bridgehead atoms. The molecule has 0 aliphatic carbocycles. The zero-order valence-corrected chi connectivity index (χ0v) is 21.1. The summed E-state index contributed by atoms with van der Waals surface area (Å²) in [5.41, 5.74) is 2.63. The molecule has 4 rings (SSSR count). The van der Waals surface area contributed by atoms with E-state index in [1.54, 1.807) is 19.1 Å². The van der Waals surface area contributed by atoms with Crippen molar-refractivity contribution in [2.75, 3.05) is 44.3 Å². The van der Waals surface area contributed by atoms with E-state index in [9.17, 15) is 23.2 Å². The van der Waals surface area contributed by atoms with E-state index < -0.39 is 20.5 Å².